The summed E-state index contributed by atoms with van der Waals surface area (Å²) < 4.78 is 5.49. The molecule has 0 radical (unpaired) electrons. The summed E-state index contributed by atoms with van der Waals surface area (Å²) in [6.45, 7) is 2.97. The summed E-state index contributed by atoms with van der Waals surface area (Å²) in [5, 5.41) is 3.89. The van der Waals surface area contributed by atoms with E-state index in [-0.39, 0.29) is 29.7 Å². The zero-order chi connectivity index (χ0) is 21.8. The lowest BCUT2D eigenvalue weighted by Gasteiger charge is -2.32. The highest BCUT2D eigenvalue weighted by Gasteiger charge is 2.42. The van der Waals surface area contributed by atoms with Crippen LogP contribution in [-0.2, 0) is 9.59 Å². The number of halogens is 1. The fourth-order valence-electron chi connectivity index (χ4n) is 3.33. The Morgan fingerprint density at radius 3 is 2.71 bits per heavy atom. The van der Waals surface area contributed by atoms with E-state index in [9.17, 15) is 9.59 Å². The molecule has 2 unspecified atom stereocenters. The number of carbonyl (C=O) groups is 2. The summed E-state index contributed by atoms with van der Waals surface area (Å²) >= 11 is 7.10. The zero-order valence-electron chi connectivity index (χ0n) is 16.8. The molecule has 2 aromatic carbocycles. The van der Waals surface area contributed by atoms with Gasteiger partial charge in [-0.25, -0.2) is 10.4 Å². The van der Waals surface area contributed by atoms with E-state index in [1.54, 1.807) is 29.2 Å². The maximum absolute atomic E-state index is 13.2. The van der Waals surface area contributed by atoms with Gasteiger partial charge in [-0.15, -0.1) is 0 Å². The molecule has 0 aromatic heterocycles. The number of amides is 2. The lowest BCUT2D eigenvalue weighted by Crippen LogP contribution is -2.49. The van der Waals surface area contributed by atoms with Crippen molar-refractivity contribution >= 4 is 51.7 Å². The second-order valence-corrected chi connectivity index (χ2v) is 8.31. The molecule has 162 valence electrons. The second kappa shape index (κ2) is 9.69. The molecule has 3 N–H and O–H groups in total. The van der Waals surface area contributed by atoms with E-state index >= 15 is 0 Å². The van der Waals surface area contributed by atoms with Crippen LogP contribution in [0.1, 0.15) is 6.92 Å². The number of anilines is 2. The summed E-state index contributed by atoms with van der Waals surface area (Å²) in [7, 11) is 0. The minimum Gasteiger partial charge on any atom is -0.494 e. The number of amidine groups is 1. The number of thioether (sulfide) groups is 1. The molecule has 0 bridgehead atoms. The molecular formula is C21H22ClN5O3S. The predicted molar refractivity (Wildman–Crippen MR) is 123 cm³/mol. The first-order chi connectivity index (χ1) is 15.0. The number of benzene rings is 2. The lowest BCUT2D eigenvalue weighted by atomic mass is 10.0. The summed E-state index contributed by atoms with van der Waals surface area (Å²) in [6, 6.07) is 14.2. The number of rotatable bonds is 6. The average Bonchev–Trinajstić information content (AvgIpc) is 3.24. The van der Waals surface area contributed by atoms with Gasteiger partial charge in [0.25, 0.3) is 0 Å². The van der Waals surface area contributed by atoms with Crippen molar-refractivity contribution in [3.8, 4) is 5.75 Å². The van der Waals surface area contributed by atoms with E-state index in [1.165, 1.54) is 11.8 Å². The summed E-state index contributed by atoms with van der Waals surface area (Å²) in [5.74, 6) is 0.258. The van der Waals surface area contributed by atoms with Gasteiger partial charge in [0, 0.05) is 17.3 Å². The number of hydrogen-bond acceptors (Lipinski definition) is 7. The average molecular weight is 460 g/mol. The fourth-order valence-corrected chi connectivity index (χ4v) is 4.30. The molecule has 1 fully saturated rings. The molecule has 8 nitrogen and oxygen atoms in total. The standard InChI is InChI=1S/C21H22ClN5O3S/c1-2-30-16-9-7-15(8-10-16)27-20(29)17-11-23-26-19(17)25-21(27)31-12-18(28)24-14-5-3-13(22)4-6-14/h3-10,17,19,23,26H,2,11-12H2,1H3,(H,24,28). The summed E-state index contributed by atoms with van der Waals surface area (Å²) in [6.07, 6.45) is -0.353. The van der Waals surface area contributed by atoms with Crippen LogP contribution in [0.3, 0.4) is 0 Å². The minimum absolute atomic E-state index is 0.0673. The molecular weight excluding hydrogens is 438 g/mol. The summed E-state index contributed by atoms with van der Waals surface area (Å²) in [4.78, 5) is 31.9. The van der Waals surface area contributed by atoms with Crippen molar-refractivity contribution in [3.63, 3.8) is 0 Å². The van der Waals surface area contributed by atoms with Crippen LogP contribution in [0.25, 0.3) is 0 Å². The molecule has 4 rings (SSSR count). The van der Waals surface area contributed by atoms with Crippen molar-refractivity contribution in [2.75, 3.05) is 29.1 Å². The molecule has 0 spiro atoms. The number of hydrazine groups is 1. The number of nitrogens with one attached hydrogen (secondary N) is 3. The molecule has 0 saturated carbocycles. The lowest BCUT2D eigenvalue weighted by molar-refractivity contribution is -0.121. The van der Waals surface area contributed by atoms with Gasteiger partial charge in [0.15, 0.2) is 5.17 Å². The van der Waals surface area contributed by atoms with E-state index in [1.807, 2.05) is 31.2 Å². The molecule has 2 aliphatic rings. The quantitative estimate of drug-likeness (QED) is 0.615. The fraction of sp³-hybridized carbons (Fsp3) is 0.286. The highest BCUT2D eigenvalue weighted by atomic mass is 35.5. The van der Waals surface area contributed by atoms with Crippen LogP contribution in [0.4, 0.5) is 11.4 Å². The molecule has 10 heteroatoms. The maximum Gasteiger partial charge on any atom is 0.241 e. The van der Waals surface area contributed by atoms with Crippen molar-refractivity contribution in [3.05, 3.63) is 53.6 Å². The van der Waals surface area contributed by atoms with Gasteiger partial charge in [0.1, 0.15) is 11.9 Å². The van der Waals surface area contributed by atoms with E-state index in [0.29, 0.717) is 34.7 Å². The van der Waals surface area contributed by atoms with E-state index in [0.717, 1.165) is 5.75 Å². The topological polar surface area (TPSA) is 95.1 Å². The number of aliphatic imine (C=N–C) groups is 1. The van der Waals surface area contributed by atoms with Crippen molar-refractivity contribution in [1.82, 2.24) is 10.9 Å². The van der Waals surface area contributed by atoms with Gasteiger partial charge in [0.2, 0.25) is 11.8 Å². The van der Waals surface area contributed by atoms with Gasteiger partial charge in [-0.2, -0.15) is 0 Å². The normalized spacial score (nSPS) is 20.3. The smallest absolute Gasteiger partial charge is 0.241 e. The molecule has 2 atom stereocenters. The van der Waals surface area contributed by atoms with Crippen molar-refractivity contribution in [1.29, 1.82) is 0 Å². The number of fused-ring (bicyclic) bond motifs is 1. The third-order valence-electron chi connectivity index (χ3n) is 4.80. The number of ether oxygens (including phenoxy) is 1. The van der Waals surface area contributed by atoms with Gasteiger partial charge in [0.05, 0.1) is 24.0 Å². The minimum atomic E-state index is -0.353. The van der Waals surface area contributed by atoms with Crippen LogP contribution in [0.5, 0.6) is 5.75 Å². The van der Waals surface area contributed by atoms with Gasteiger partial charge >= 0.3 is 0 Å². The van der Waals surface area contributed by atoms with Gasteiger partial charge in [-0.1, -0.05) is 23.4 Å². The molecule has 2 aliphatic heterocycles. The highest BCUT2D eigenvalue weighted by Crippen LogP contribution is 2.30. The Balaban J connectivity index is 1.50. The SMILES string of the molecule is CCOc1ccc(N2C(=O)C3CNNC3N=C2SCC(=O)Nc2ccc(Cl)cc2)cc1. The second-order valence-electron chi connectivity index (χ2n) is 6.93. The third kappa shape index (κ3) is 5.01. The highest BCUT2D eigenvalue weighted by molar-refractivity contribution is 8.14. The monoisotopic (exact) mass is 459 g/mol. The maximum atomic E-state index is 13.2. The Kier molecular flexibility index (Phi) is 6.77. The van der Waals surface area contributed by atoms with Crippen molar-refractivity contribution in [2.45, 2.75) is 13.1 Å². The van der Waals surface area contributed by atoms with Crippen molar-refractivity contribution in [2.24, 2.45) is 10.9 Å². The van der Waals surface area contributed by atoms with E-state index < -0.39 is 0 Å². The number of carbonyl (C=O) groups excluding carboxylic acids is 2. The Hall–Kier alpha value is -2.59. The number of hydrogen-bond donors (Lipinski definition) is 3. The van der Waals surface area contributed by atoms with Crippen LogP contribution in [0.15, 0.2) is 53.5 Å². The zero-order valence-corrected chi connectivity index (χ0v) is 18.4. The van der Waals surface area contributed by atoms with E-state index in [2.05, 4.69) is 21.2 Å². The van der Waals surface area contributed by atoms with E-state index in [4.69, 9.17) is 16.3 Å². The Bertz CT molecular complexity index is 984. The van der Waals surface area contributed by atoms with Crippen LogP contribution in [-0.4, -0.2) is 42.1 Å². The molecule has 2 aromatic rings. The van der Waals surface area contributed by atoms with Crippen molar-refractivity contribution < 1.29 is 14.3 Å². The first kappa shape index (κ1) is 21.6. The molecule has 31 heavy (non-hydrogen) atoms. The first-order valence-corrected chi connectivity index (χ1v) is 11.2. The Morgan fingerprint density at radius 2 is 2.00 bits per heavy atom. The number of nitrogens with zero attached hydrogens (tertiary/aromatic N) is 2. The van der Waals surface area contributed by atoms with Gasteiger partial charge in [-0.3, -0.25) is 19.9 Å². The molecule has 2 heterocycles. The summed E-state index contributed by atoms with van der Waals surface area (Å²) in [5.41, 5.74) is 7.35. The van der Waals surface area contributed by atoms with Crippen LogP contribution >= 0.6 is 23.4 Å². The predicted octanol–water partition coefficient (Wildman–Crippen LogP) is 2.86. The van der Waals surface area contributed by atoms with Gasteiger partial charge in [-0.05, 0) is 55.5 Å². The first-order valence-electron chi connectivity index (χ1n) is 9.86. The molecule has 0 aliphatic carbocycles. The molecule has 2 amide bonds. The molecule has 1 saturated heterocycles. The third-order valence-corrected chi connectivity index (χ3v) is 6.00. The van der Waals surface area contributed by atoms with Gasteiger partial charge < -0.3 is 10.1 Å². The largest absolute Gasteiger partial charge is 0.494 e. The van der Waals surface area contributed by atoms with Crippen LogP contribution in [0, 0.1) is 5.92 Å². The van der Waals surface area contributed by atoms with Crippen LogP contribution in [0.2, 0.25) is 5.02 Å². The Labute approximate surface area is 189 Å². The Morgan fingerprint density at radius 1 is 1.26 bits per heavy atom. The van der Waals surface area contributed by atoms with Crippen LogP contribution < -0.4 is 25.8 Å².